The van der Waals surface area contributed by atoms with Gasteiger partial charge in [-0.3, -0.25) is 9.89 Å². The number of hydrogen-bond acceptors (Lipinski definition) is 4. The molecule has 108 valence electrons. The molecule has 7 nitrogen and oxygen atoms in total. The summed E-state index contributed by atoms with van der Waals surface area (Å²) in [5, 5.41) is 18.3. The summed E-state index contributed by atoms with van der Waals surface area (Å²) in [6, 6.07) is 4.65. The molecular formula is C13H11BrN4O3. The van der Waals surface area contributed by atoms with Gasteiger partial charge in [-0.05, 0) is 40.9 Å². The molecule has 1 amide bonds. The molecule has 0 spiro atoms. The van der Waals surface area contributed by atoms with E-state index in [1.807, 2.05) is 0 Å². The summed E-state index contributed by atoms with van der Waals surface area (Å²) in [6.07, 6.45) is 2.09. The third-order valence-corrected chi connectivity index (χ3v) is 3.81. The van der Waals surface area contributed by atoms with Gasteiger partial charge in [-0.15, -0.1) is 5.10 Å². The lowest BCUT2D eigenvalue weighted by Crippen LogP contribution is -2.16. The summed E-state index contributed by atoms with van der Waals surface area (Å²) >= 11 is 3.23. The number of nitrogens with one attached hydrogen (secondary N) is 2. The van der Waals surface area contributed by atoms with Gasteiger partial charge in [0.1, 0.15) is 5.82 Å². The van der Waals surface area contributed by atoms with Crippen LogP contribution in [0.1, 0.15) is 45.6 Å². The molecule has 8 heteroatoms. The van der Waals surface area contributed by atoms with Crippen LogP contribution in [0.5, 0.6) is 0 Å². The lowest BCUT2D eigenvalue weighted by atomic mass is 10.2. The largest absolute Gasteiger partial charge is 0.478 e. The molecule has 1 aromatic carbocycles. The van der Waals surface area contributed by atoms with Gasteiger partial charge in [0, 0.05) is 10.4 Å². The highest BCUT2D eigenvalue weighted by atomic mass is 79.9. The fourth-order valence-electron chi connectivity index (χ4n) is 1.91. The van der Waals surface area contributed by atoms with Gasteiger partial charge in [-0.25, -0.2) is 9.78 Å². The average molecular weight is 351 g/mol. The summed E-state index contributed by atoms with van der Waals surface area (Å²) in [7, 11) is 0. The Balaban J connectivity index is 1.85. The predicted octanol–water partition coefficient (Wildman–Crippen LogP) is 2.40. The number of anilines is 1. The van der Waals surface area contributed by atoms with Gasteiger partial charge in [-0.1, -0.05) is 6.07 Å². The van der Waals surface area contributed by atoms with Crippen molar-refractivity contribution in [3.05, 3.63) is 39.9 Å². The molecule has 0 unspecified atom stereocenters. The van der Waals surface area contributed by atoms with E-state index in [2.05, 4.69) is 36.4 Å². The zero-order chi connectivity index (χ0) is 15.0. The normalized spacial score (nSPS) is 14.0. The number of H-pyrrole nitrogens is 1. The number of halogens is 1. The van der Waals surface area contributed by atoms with Gasteiger partial charge in [-0.2, -0.15) is 0 Å². The van der Waals surface area contributed by atoms with Crippen LogP contribution in [0.15, 0.2) is 22.7 Å². The van der Waals surface area contributed by atoms with Crippen molar-refractivity contribution in [2.45, 2.75) is 18.8 Å². The van der Waals surface area contributed by atoms with Gasteiger partial charge in [0.2, 0.25) is 5.82 Å². The first-order valence-corrected chi connectivity index (χ1v) is 7.11. The van der Waals surface area contributed by atoms with Gasteiger partial charge in [0.05, 0.1) is 11.3 Å². The number of para-hydroxylation sites is 1. The maximum Gasteiger partial charge on any atom is 0.337 e. The molecule has 1 aromatic heterocycles. The number of amides is 1. The number of nitrogens with zero attached hydrogens (tertiary/aromatic N) is 2. The minimum absolute atomic E-state index is 0.00370. The number of aromatic nitrogens is 3. The Hall–Kier alpha value is -2.22. The summed E-state index contributed by atoms with van der Waals surface area (Å²) in [4.78, 5) is 27.4. The number of carboxylic acid groups (broad SMARTS) is 1. The third-order valence-electron chi connectivity index (χ3n) is 3.15. The highest BCUT2D eigenvalue weighted by Gasteiger charge is 2.28. The summed E-state index contributed by atoms with van der Waals surface area (Å²) in [5.74, 6) is -0.611. The van der Waals surface area contributed by atoms with E-state index in [-0.39, 0.29) is 17.1 Å². The maximum absolute atomic E-state index is 12.1. The summed E-state index contributed by atoms with van der Waals surface area (Å²) < 4.78 is 0.480. The summed E-state index contributed by atoms with van der Waals surface area (Å²) in [6.45, 7) is 0. The smallest absolute Gasteiger partial charge is 0.337 e. The summed E-state index contributed by atoms with van der Waals surface area (Å²) in [5.41, 5.74) is 0.184. The van der Waals surface area contributed by atoms with Gasteiger partial charge < -0.3 is 10.4 Å². The Kier molecular flexibility index (Phi) is 3.46. The molecule has 1 heterocycles. The second kappa shape index (κ2) is 5.28. The number of carbonyl (C=O) groups is 2. The number of hydrogen-bond donors (Lipinski definition) is 3. The molecule has 0 saturated heterocycles. The Morgan fingerprint density at radius 3 is 2.81 bits per heavy atom. The molecule has 1 saturated carbocycles. The van der Waals surface area contributed by atoms with Crippen molar-refractivity contribution in [3.63, 3.8) is 0 Å². The van der Waals surface area contributed by atoms with Crippen molar-refractivity contribution < 1.29 is 14.7 Å². The molecule has 1 aliphatic carbocycles. The highest BCUT2D eigenvalue weighted by molar-refractivity contribution is 9.10. The first kappa shape index (κ1) is 13.7. The fraction of sp³-hybridized carbons (Fsp3) is 0.231. The zero-order valence-corrected chi connectivity index (χ0v) is 12.3. The molecule has 0 aliphatic heterocycles. The quantitative estimate of drug-likeness (QED) is 0.784. The van der Waals surface area contributed by atoms with Crippen LogP contribution in [0, 0.1) is 0 Å². The van der Waals surface area contributed by atoms with Crippen molar-refractivity contribution in [1.29, 1.82) is 0 Å². The van der Waals surface area contributed by atoms with E-state index >= 15 is 0 Å². The number of benzene rings is 1. The molecule has 21 heavy (non-hydrogen) atoms. The minimum Gasteiger partial charge on any atom is -0.478 e. The van der Waals surface area contributed by atoms with Crippen LogP contribution >= 0.6 is 15.9 Å². The minimum atomic E-state index is -1.12. The molecule has 1 aliphatic rings. The predicted molar refractivity (Wildman–Crippen MR) is 77.4 cm³/mol. The Labute approximate surface area is 127 Å². The van der Waals surface area contributed by atoms with Gasteiger partial charge in [0.15, 0.2) is 0 Å². The Morgan fingerprint density at radius 2 is 2.14 bits per heavy atom. The van der Waals surface area contributed by atoms with Crippen molar-refractivity contribution in [2.24, 2.45) is 0 Å². The van der Waals surface area contributed by atoms with E-state index in [0.29, 0.717) is 16.2 Å². The molecular weight excluding hydrogens is 340 g/mol. The van der Waals surface area contributed by atoms with E-state index in [1.165, 1.54) is 6.07 Å². The SMILES string of the molecule is O=C(Nc1c(Br)cccc1C(=O)O)c1n[nH]c(C2CC2)n1. The van der Waals surface area contributed by atoms with Crippen LogP contribution in [0.25, 0.3) is 0 Å². The second-order valence-electron chi connectivity index (χ2n) is 4.74. The van der Waals surface area contributed by atoms with Crippen molar-refractivity contribution >= 4 is 33.5 Å². The van der Waals surface area contributed by atoms with Crippen LogP contribution in [-0.4, -0.2) is 32.2 Å². The fourth-order valence-corrected chi connectivity index (χ4v) is 2.38. The number of aromatic carboxylic acids is 1. The van der Waals surface area contributed by atoms with Crippen LogP contribution in [0.4, 0.5) is 5.69 Å². The molecule has 0 radical (unpaired) electrons. The average Bonchev–Trinajstić information content (AvgIpc) is 3.18. The zero-order valence-electron chi connectivity index (χ0n) is 10.8. The maximum atomic E-state index is 12.1. The Bertz CT molecular complexity index is 724. The highest BCUT2D eigenvalue weighted by Crippen LogP contribution is 2.37. The van der Waals surface area contributed by atoms with E-state index < -0.39 is 11.9 Å². The first-order chi connectivity index (χ1) is 10.1. The molecule has 0 atom stereocenters. The number of carbonyl (C=O) groups excluding carboxylic acids is 1. The lowest BCUT2D eigenvalue weighted by molar-refractivity contribution is 0.0698. The standard InChI is InChI=1S/C13H11BrN4O3/c14-8-3-1-2-7(13(20)21)9(8)15-12(19)11-16-10(17-18-11)6-4-5-6/h1-3,6H,4-5H2,(H,15,19)(H,20,21)(H,16,17,18). The first-order valence-electron chi connectivity index (χ1n) is 6.31. The van der Waals surface area contributed by atoms with Crippen LogP contribution in [0.2, 0.25) is 0 Å². The van der Waals surface area contributed by atoms with E-state index in [1.54, 1.807) is 12.1 Å². The monoisotopic (exact) mass is 350 g/mol. The van der Waals surface area contributed by atoms with Gasteiger partial charge >= 0.3 is 5.97 Å². The number of carboxylic acids is 1. The van der Waals surface area contributed by atoms with E-state index in [9.17, 15) is 9.59 Å². The van der Waals surface area contributed by atoms with E-state index in [4.69, 9.17) is 5.11 Å². The van der Waals surface area contributed by atoms with Crippen LogP contribution in [0.3, 0.4) is 0 Å². The third kappa shape index (κ3) is 2.80. The lowest BCUT2D eigenvalue weighted by Gasteiger charge is -2.08. The topological polar surface area (TPSA) is 108 Å². The molecule has 1 fully saturated rings. The van der Waals surface area contributed by atoms with Crippen molar-refractivity contribution in [1.82, 2.24) is 15.2 Å². The van der Waals surface area contributed by atoms with Crippen molar-refractivity contribution in [3.8, 4) is 0 Å². The van der Waals surface area contributed by atoms with Gasteiger partial charge in [0.25, 0.3) is 5.91 Å². The molecule has 3 rings (SSSR count). The van der Waals surface area contributed by atoms with Crippen LogP contribution in [-0.2, 0) is 0 Å². The Morgan fingerprint density at radius 1 is 1.38 bits per heavy atom. The van der Waals surface area contributed by atoms with Crippen LogP contribution < -0.4 is 5.32 Å². The molecule has 0 bridgehead atoms. The second-order valence-corrected chi connectivity index (χ2v) is 5.59. The molecule has 3 N–H and O–H groups in total. The number of rotatable bonds is 4. The van der Waals surface area contributed by atoms with Crippen molar-refractivity contribution in [2.75, 3.05) is 5.32 Å². The number of aromatic amines is 1. The van der Waals surface area contributed by atoms with E-state index in [0.717, 1.165) is 12.8 Å². The molecule has 2 aromatic rings.